The van der Waals surface area contributed by atoms with Crippen molar-refractivity contribution in [2.45, 2.75) is 31.6 Å². The fourth-order valence-corrected chi connectivity index (χ4v) is 5.68. The van der Waals surface area contributed by atoms with Crippen molar-refractivity contribution in [1.82, 2.24) is 15.0 Å². The van der Waals surface area contributed by atoms with Crippen molar-refractivity contribution in [2.24, 2.45) is 5.92 Å². The number of hydrogen-bond donors (Lipinski definition) is 0. The highest BCUT2D eigenvalue weighted by Crippen LogP contribution is 2.34. The molecule has 1 aromatic heterocycles. The van der Waals surface area contributed by atoms with Gasteiger partial charge in [-0.2, -0.15) is 0 Å². The standard InChI is InChI=1S/C28H30FN3O4/c29-22-5-6-23-25(15-22)36-30-28(23)21-9-12-31(13-10-21)16-20-2-1-11-32(17-20)27(33)8-4-19-3-7-24-26(14-19)35-18-34-24/h3-8,14-15,20-21H,1-2,9-13,16-18H2/t20-/m1/s1. The summed E-state index contributed by atoms with van der Waals surface area (Å²) in [5, 5.41) is 5.18. The first kappa shape index (κ1) is 23.0. The lowest BCUT2D eigenvalue weighted by Crippen LogP contribution is -2.44. The summed E-state index contributed by atoms with van der Waals surface area (Å²) in [6.45, 7) is 4.84. The summed E-state index contributed by atoms with van der Waals surface area (Å²) in [5.74, 6) is 2.03. The molecule has 0 N–H and O–H groups in total. The van der Waals surface area contributed by atoms with E-state index < -0.39 is 0 Å². The van der Waals surface area contributed by atoms with Crippen molar-refractivity contribution in [3.63, 3.8) is 0 Å². The fourth-order valence-electron chi connectivity index (χ4n) is 5.68. The fraction of sp³-hybridized carbons (Fsp3) is 0.429. The molecule has 8 heteroatoms. The second-order valence-corrected chi connectivity index (χ2v) is 10.0. The highest BCUT2D eigenvalue weighted by atomic mass is 19.1. The summed E-state index contributed by atoms with van der Waals surface area (Å²) < 4.78 is 29.6. The van der Waals surface area contributed by atoms with E-state index in [1.165, 1.54) is 12.1 Å². The zero-order valence-corrected chi connectivity index (χ0v) is 20.2. The van der Waals surface area contributed by atoms with Gasteiger partial charge in [0.1, 0.15) is 5.82 Å². The molecule has 4 heterocycles. The van der Waals surface area contributed by atoms with Gasteiger partial charge in [-0.3, -0.25) is 4.79 Å². The minimum absolute atomic E-state index is 0.0606. The van der Waals surface area contributed by atoms with Crippen LogP contribution in [0.1, 0.15) is 42.9 Å². The predicted molar refractivity (Wildman–Crippen MR) is 133 cm³/mol. The third kappa shape index (κ3) is 4.82. The van der Waals surface area contributed by atoms with E-state index in [0.717, 1.165) is 86.5 Å². The molecule has 1 atom stereocenters. The van der Waals surface area contributed by atoms with Gasteiger partial charge in [0.05, 0.1) is 5.69 Å². The number of ether oxygens (including phenoxy) is 2. The van der Waals surface area contributed by atoms with E-state index in [2.05, 4.69) is 10.1 Å². The molecule has 0 radical (unpaired) electrons. The van der Waals surface area contributed by atoms with E-state index in [1.807, 2.05) is 29.2 Å². The van der Waals surface area contributed by atoms with Crippen molar-refractivity contribution < 1.29 is 23.2 Å². The minimum Gasteiger partial charge on any atom is -0.454 e. The van der Waals surface area contributed by atoms with Gasteiger partial charge in [0.15, 0.2) is 17.1 Å². The van der Waals surface area contributed by atoms with Crippen molar-refractivity contribution in [3.05, 3.63) is 59.5 Å². The van der Waals surface area contributed by atoms with Crippen LogP contribution in [-0.2, 0) is 4.79 Å². The van der Waals surface area contributed by atoms with Crippen LogP contribution in [0.4, 0.5) is 4.39 Å². The molecule has 3 aliphatic rings. The lowest BCUT2D eigenvalue weighted by Gasteiger charge is -2.37. The lowest BCUT2D eigenvalue weighted by atomic mass is 9.90. The highest BCUT2D eigenvalue weighted by Gasteiger charge is 2.29. The summed E-state index contributed by atoms with van der Waals surface area (Å²) in [7, 11) is 0. The van der Waals surface area contributed by atoms with Gasteiger partial charge >= 0.3 is 0 Å². The Hall–Kier alpha value is -3.39. The summed E-state index contributed by atoms with van der Waals surface area (Å²) in [5.41, 5.74) is 2.40. The van der Waals surface area contributed by atoms with E-state index >= 15 is 0 Å². The van der Waals surface area contributed by atoms with Crippen molar-refractivity contribution in [3.8, 4) is 11.5 Å². The first-order valence-electron chi connectivity index (χ1n) is 12.8. The van der Waals surface area contributed by atoms with E-state index in [1.54, 1.807) is 12.1 Å². The van der Waals surface area contributed by atoms with Crippen LogP contribution < -0.4 is 9.47 Å². The van der Waals surface area contributed by atoms with E-state index in [4.69, 9.17) is 14.0 Å². The molecule has 7 nitrogen and oxygen atoms in total. The van der Waals surface area contributed by atoms with Crippen molar-refractivity contribution >= 4 is 23.0 Å². The number of nitrogens with zero attached hydrogens (tertiary/aromatic N) is 3. The predicted octanol–water partition coefficient (Wildman–Crippen LogP) is 4.83. The highest BCUT2D eigenvalue weighted by molar-refractivity contribution is 5.92. The maximum atomic E-state index is 13.5. The number of hydrogen-bond acceptors (Lipinski definition) is 6. The zero-order chi connectivity index (χ0) is 24.5. The Morgan fingerprint density at radius 1 is 1.06 bits per heavy atom. The number of aromatic nitrogens is 1. The number of fused-ring (bicyclic) bond motifs is 2. The van der Waals surface area contributed by atoms with Crippen LogP contribution in [0.3, 0.4) is 0 Å². The lowest BCUT2D eigenvalue weighted by molar-refractivity contribution is -0.127. The molecule has 3 aromatic rings. The van der Waals surface area contributed by atoms with Gasteiger partial charge < -0.3 is 23.8 Å². The molecule has 2 fully saturated rings. The molecule has 0 unspecified atom stereocenters. The third-order valence-corrected chi connectivity index (χ3v) is 7.60. The number of halogens is 1. The molecular formula is C28H30FN3O4. The van der Waals surface area contributed by atoms with Crippen LogP contribution in [0.25, 0.3) is 17.0 Å². The normalized spacial score (nSPS) is 21.0. The molecule has 2 saturated heterocycles. The topological polar surface area (TPSA) is 68.0 Å². The van der Waals surface area contributed by atoms with Gasteiger partial charge in [-0.15, -0.1) is 0 Å². The molecule has 0 spiro atoms. The van der Waals surface area contributed by atoms with Crippen molar-refractivity contribution in [2.75, 3.05) is 39.5 Å². The Balaban J connectivity index is 1.01. The molecule has 188 valence electrons. The Bertz CT molecular complexity index is 1280. The maximum Gasteiger partial charge on any atom is 0.246 e. The van der Waals surface area contributed by atoms with Gasteiger partial charge in [-0.05, 0) is 80.6 Å². The number of piperidine rings is 2. The summed E-state index contributed by atoms with van der Waals surface area (Å²) in [6.07, 6.45) is 7.71. The molecule has 36 heavy (non-hydrogen) atoms. The third-order valence-electron chi connectivity index (χ3n) is 7.60. The second kappa shape index (κ2) is 9.93. The first-order valence-corrected chi connectivity index (χ1v) is 12.8. The average molecular weight is 492 g/mol. The van der Waals surface area contributed by atoms with Gasteiger partial charge in [-0.25, -0.2) is 4.39 Å². The molecular weight excluding hydrogens is 461 g/mol. The van der Waals surface area contributed by atoms with Gasteiger partial charge in [0.2, 0.25) is 12.7 Å². The molecule has 3 aliphatic heterocycles. The van der Waals surface area contributed by atoms with Gasteiger partial charge in [-0.1, -0.05) is 11.2 Å². The Morgan fingerprint density at radius 2 is 1.92 bits per heavy atom. The minimum atomic E-state index is -0.302. The van der Waals surface area contributed by atoms with Crippen LogP contribution >= 0.6 is 0 Å². The van der Waals surface area contributed by atoms with Crippen LogP contribution in [0.2, 0.25) is 0 Å². The van der Waals surface area contributed by atoms with Crippen LogP contribution in [-0.4, -0.2) is 60.4 Å². The van der Waals surface area contributed by atoms with Crippen LogP contribution in [0.5, 0.6) is 11.5 Å². The molecule has 0 saturated carbocycles. The summed E-state index contributed by atoms with van der Waals surface area (Å²) >= 11 is 0. The second-order valence-electron chi connectivity index (χ2n) is 10.0. The number of likely N-dealkylation sites (tertiary alicyclic amines) is 2. The molecule has 6 rings (SSSR count). The van der Waals surface area contributed by atoms with Gasteiger partial charge in [0, 0.05) is 43.1 Å². The molecule has 0 aliphatic carbocycles. The summed E-state index contributed by atoms with van der Waals surface area (Å²) in [6, 6.07) is 10.4. The smallest absolute Gasteiger partial charge is 0.246 e. The number of amides is 1. The van der Waals surface area contributed by atoms with E-state index in [0.29, 0.717) is 17.4 Å². The zero-order valence-electron chi connectivity index (χ0n) is 20.2. The molecule has 1 amide bonds. The van der Waals surface area contributed by atoms with E-state index in [-0.39, 0.29) is 18.5 Å². The molecule has 0 bridgehead atoms. The monoisotopic (exact) mass is 491 g/mol. The largest absolute Gasteiger partial charge is 0.454 e. The van der Waals surface area contributed by atoms with Crippen molar-refractivity contribution in [1.29, 1.82) is 0 Å². The Kier molecular flexibility index (Phi) is 6.35. The number of benzene rings is 2. The van der Waals surface area contributed by atoms with Gasteiger partial charge in [0.25, 0.3) is 0 Å². The van der Waals surface area contributed by atoms with Crippen LogP contribution in [0, 0.1) is 11.7 Å². The molecule has 2 aromatic carbocycles. The quantitative estimate of drug-likeness (QED) is 0.477. The van der Waals surface area contributed by atoms with E-state index in [9.17, 15) is 9.18 Å². The number of carbonyl (C=O) groups is 1. The average Bonchev–Trinajstić information content (AvgIpc) is 3.54. The van der Waals surface area contributed by atoms with Crippen LogP contribution in [0.15, 0.2) is 47.0 Å². The number of rotatable bonds is 5. The maximum absolute atomic E-state index is 13.5. The first-order chi connectivity index (χ1) is 17.6. The Morgan fingerprint density at radius 3 is 2.81 bits per heavy atom. The summed E-state index contributed by atoms with van der Waals surface area (Å²) in [4.78, 5) is 17.4. The SMILES string of the molecule is O=C(C=Cc1ccc2c(c1)OCO2)N1CCC[C@H](CN2CCC(c3noc4cc(F)ccc34)CC2)C1. The Labute approximate surface area is 209 Å². The number of carbonyl (C=O) groups excluding carboxylic acids is 1.